The maximum Gasteiger partial charge on any atom is 0.320 e. The van der Waals surface area contributed by atoms with Crippen LogP contribution >= 0.6 is 11.6 Å². The second-order valence-electron chi connectivity index (χ2n) is 4.34. The molecule has 1 atom stereocenters. The van der Waals surface area contributed by atoms with Crippen molar-refractivity contribution in [2.75, 3.05) is 45.8 Å². The minimum absolute atomic E-state index is 0.113. The summed E-state index contributed by atoms with van der Waals surface area (Å²) >= 11 is 5.80. The molecule has 0 saturated carbocycles. The molecule has 0 radical (unpaired) electrons. The molecule has 1 unspecified atom stereocenters. The highest BCUT2D eigenvalue weighted by atomic mass is 35.5. The molecular weight excluding hydrogens is 252 g/mol. The van der Waals surface area contributed by atoms with Crippen molar-refractivity contribution in [3.8, 4) is 6.07 Å². The second-order valence-corrected chi connectivity index (χ2v) is 4.87. The van der Waals surface area contributed by atoms with Gasteiger partial charge in [-0.2, -0.15) is 5.26 Å². The zero-order valence-corrected chi connectivity index (χ0v) is 11.9. The van der Waals surface area contributed by atoms with E-state index in [9.17, 15) is 4.79 Å². The normalized spacial score (nSPS) is 18.2. The third-order valence-electron chi connectivity index (χ3n) is 3.24. The van der Waals surface area contributed by atoms with E-state index >= 15 is 0 Å². The van der Waals surface area contributed by atoms with E-state index in [0.29, 0.717) is 19.6 Å². The van der Waals surface area contributed by atoms with Crippen LogP contribution in [0, 0.1) is 11.3 Å². The number of amides is 2. The summed E-state index contributed by atoms with van der Waals surface area (Å²) in [5.41, 5.74) is 0. The molecule has 0 aromatic rings. The van der Waals surface area contributed by atoms with E-state index in [1.165, 1.54) is 0 Å². The summed E-state index contributed by atoms with van der Waals surface area (Å²) in [6, 6.07) is 2.13. The number of urea groups is 1. The first-order valence-corrected chi connectivity index (χ1v) is 6.85. The number of piperazine rings is 1. The quantitative estimate of drug-likeness (QED) is 0.723. The fraction of sp³-hybridized carbons (Fsp3) is 0.833. The maximum absolute atomic E-state index is 12.1. The van der Waals surface area contributed by atoms with Crippen LogP contribution in [0.4, 0.5) is 4.79 Å². The van der Waals surface area contributed by atoms with E-state index in [0.717, 1.165) is 26.2 Å². The van der Waals surface area contributed by atoms with Crippen molar-refractivity contribution in [2.24, 2.45) is 0 Å². The summed E-state index contributed by atoms with van der Waals surface area (Å²) in [6.45, 7) is 9.04. The van der Waals surface area contributed by atoms with Crippen molar-refractivity contribution < 1.29 is 4.79 Å². The predicted molar refractivity (Wildman–Crippen MR) is 71.6 cm³/mol. The van der Waals surface area contributed by atoms with Gasteiger partial charge in [0.25, 0.3) is 0 Å². The van der Waals surface area contributed by atoms with Crippen LogP contribution in [0.3, 0.4) is 0 Å². The summed E-state index contributed by atoms with van der Waals surface area (Å²) in [4.78, 5) is 17.9. The van der Waals surface area contributed by atoms with E-state index in [1.807, 2.05) is 29.7 Å². The van der Waals surface area contributed by atoms with Crippen LogP contribution in [0.15, 0.2) is 0 Å². The van der Waals surface area contributed by atoms with Crippen molar-refractivity contribution in [1.82, 2.24) is 14.7 Å². The van der Waals surface area contributed by atoms with Gasteiger partial charge in [-0.1, -0.05) is 0 Å². The molecule has 0 aromatic heterocycles. The molecule has 0 aromatic carbocycles. The summed E-state index contributed by atoms with van der Waals surface area (Å²) in [6.07, 6.45) is 0. The zero-order chi connectivity index (χ0) is 13.5. The Kier molecular flexibility index (Phi) is 6.23. The van der Waals surface area contributed by atoms with Gasteiger partial charge in [0.1, 0.15) is 5.38 Å². The molecule has 1 aliphatic rings. The first-order valence-electron chi connectivity index (χ1n) is 6.42. The first-order chi connectivity index (χ1) is 8.62. The molecule has 5 nitrogen and oxygen atoms in total. The number of carbonyl (C=O) groups is 1. The Balaban J connectivity index is 2.39. The fourth-order valence-corrected chi connectivity index (χ4v) is 2.28. The van der Waals surface area contributed by atoms with Crippen LogP contribution in [-0.2, 0) is 0 Å². The molecule has 6 heteroatoms. The number of hydrogen-bond donors (Lipinski definition) is 0. The lowest BCUT2D eigenvalue weighted by molar-refractivity contribution is 0.116. The lowest BCUT2D eigenvalue weighted by Gasteiger charge is -2.37. The first kappa shape index (κ1) is 15.1. The van der Waals surface area contributed by atoms with Gasteiger partial charge in [0.05, 0.1) is 6.07 Å². The number of nitriles is 1. The van der Waals surface area contributed by atoms with Crippen molar-refractivity contribution >= 4 is 17.6 Å². The van der Waals surface area contributed by atoms with Gasteiger partial charge in [0, 0.05) is 45.8 Å². The summed E-state index contributed by atoms with van der Waals surface area (Å²) < 4.78 is 0. The smallest absolute Gasteiger partial charge is 0.320 e. The number of carbonyl (C=O) groups excluding carboxylic acids is 1. The van der Waals surface area contributed by atoms with Gasteiger partial charge in [-0.3, -0.25) is 4.90 Å². The van der Waals surface area contributed by atoms with Gasteiger partial charge in [0.2, 0.25) is 0 Å². The van der Waals surface area contributed by atoms with Crippen LogP contribution < -0.4 is 0 Å². The summed E-state index contributed by atoms with van der Waals surface area (Å²) in [5.74, 6) is 0. The highest BCUT2D eigenvalue weighted by Gasteiger charge is 2.24. The largest absolute Gasteiger partial charge is 0.325 e. The molecule has 0 spiro atoms. The van der Waals surface area contributed by atoms with Crippen LogP contribution in [0.5, 0.6) is 0 Å². The van der Waals surface area contributed by atoms with E-state index < -0.39 is 5.38 Å². The molecule has 2 amide bonds. The molecule has 1 heterocycles. The Morgan fingerprint density at radius 2 is 1.89 bits per heavy atom. The minimum atomic E-state index is -0.463. The molecule has 0 aliphatic carbocycles. The molecule has 18 heavy (non-hydrogen) atoms. The third kappa shape index (κ3) is 4.04. The monoisotopic (exact) mass is 272 g/mol. The fourth-order valence-electron chi connectivity index (χ4n) is 2.08. The Morgan fingerprint density at radius 1 is 1.33 bits per heavy atom. The van der Waals surface area contributed by atoms with Crippen molar-refractivity contribution in [2.45, 2.75) is 19.2 Å². The van der Waals surface area contributed by atoms with Crippen LogP contribution in [0.25, 0.3) is 0 Å². The number of hydrogen-bond acceptors (Lipinski definition) is 3. The van der Waals surface area contributed by atoms with E-state index in [4.69, 9.17) is 16.9 Å². The highest BCUT2D eigenvalue weighted by Crippen LogP contribution is 2.07. The zero-order valence-electron chi connectivity index (χ0n) is 11.1. The average molecular weight is 273 g/mol. The van der Waals surface area contributed by atoms with Gasteiger partial charge in [-0.05, 0) is 13.8 Å². The van der Waals surface area contributed by atoms with Gasteiger partial charge in [-0.15, -0.1) is 11.6 Å². The number of rotatable bonds is 4. The molecule has 0 bridgehead atoms. The van der Waals surface area contributed by atoms with Crippen LogP contribution in [-0.4, -0.2) is 71.9 Å². The molecule has 102 valence electrons. The lowest BCUT2D eigenvalue weighted by atomic mass is 10.3. The second kappa shape index (κ2) is 7.45. The Morgan fingerprint density at radius 3 is 2.33 bits per heavy atom. The number of nitrogens with zero attached hydrogens (tertiary/aromatic N) is 4. The standard InChI is InChI=1S/C12H21ClN4O/c1-3-16(4-2)12(18)17-7-5-15(6-8-17)10-11(13)9-14/h11H,3-8,10H2,1-2H3. The average Bonchev–Trinajstić information content (AvgIpc) is 2.40. The Hall–Kier alpha value is -0.990. The molecular formula is C12H21ClN4O. The third-order valence-corrected chi connectivity index (χ3v) is 3.47. The minimum Gasteiger partial charge on any atom is -0.325 e. The number of alkyl halides is 1. The lowest BCUT2D eigenvalue weighted by Crippen LogP contribution is -2.53. The van der Waals surface area contributed by atoms with Crippen molar-refractivity contribution in [1.29, 1.82) is 5.26 Å². The predicted octanol–water partition coefficient (Wildman–Crippen LogP) is 1.20. The van der Waals surface area contributed by atoms with Crippen LogP contribution in [0.1, 0.15) is 13.8 Å². The van der Waals surface area contributed by atoms with E-state index in [1.54, 1.807) is 0 Å². The van der Waals surface area contributed by atoms with Gasteiger partial charge in [0.15, 0.2) is 0 Å². The van der Waals surface area contributed by atoms with Crippen LogP contribution in [0.2, 0.25) is 0 Å². The highest BCUT2D eigenvalue weighted by molar-refractivity contribution is 6.22. The molecule has 1 rings (SSSR count). The van der Waals surface area contributed by atoms with Gasteiger partial charge in [-0.25, -0.2) is 4.79 Å². The van der Waals surface area contributed by atoms with Gasteiger partial charge < -0.3 is 9.80 Å². The molecule has 1 saturated heterocycles. The van der Waals surface area contributed by atoms with E-state index in [-0.39, 0.29) is 6.03 Å². The molecule has 1 fully saturated rings. The topological polar surface area (TPSA) is 50.6 Å². The SMILES string of the molecule is CCN(CC)C(=O)N1CCN(CC(Cl)C#N)CC1. The Bertz CT molecular complexity index is 306. The van der Waals surface area contributed by atoms with Gasteiger partial charge >= 0.3 is 6.03 Å². The summed E-state index contributed by atoms with van der Waals surface area (Å²) in [5, 5.41) is 8.20. The van der Waals surface area contributed by atoms with E-state index in [2.05, 4.69) is 4.90 Å². The number of halogens is 1. The summed E-state index contributed by atoms with van der Waals surface area (Å²) in [7, 11) is 0. The maximum atomic E-state index is 12.1. The molecule has 1 aliphatic heterocycles. The molecule has 0 N–H and O–H groups in total. The van der Waals surface area contributed by atoms with Crippen molar-refractivity contribution in [3.63, 3.8) is 0 Å². The van der Waals surface area contributed by atoms with Crippen molar-refractivity contribution in [3.05, 3.63) is 0 Å². The Labute approximate surface area is 114 Å².